The van der Waals surface area contributed by atoms with Crippen molar-refractivity contribution in [2.75, 3.05) is 35.2 Å². The second-order valence-electron chi connectivity index (χ2n) is 11.6. The quantitative estimate of drug-likeness (QED) is 0.0329. The molecule has 0 spiro atoms. The van der Waals surface area contributed by atoms with Crippen LogP contribution in [0.1, 0.15) is 50.8 Å². The van der Waals surface area contributed by atoms with E-state index in [1.807, 2.05) is 0 Å². The minimum atomic E-state index is -4.26. The van der Waals surface area contributed by atoms with Gasteiger partial charge in [-0.1, -0.05) is 0 Å². The van der Waals surface area contributed by atoms with Gasteiger partial charge in [-0.3, -0.25) is 33.1 Å². The first kappa shape index (κ1) is 40.7. The molecule has 0 saturated heterocycles. The Morgan fingerprint density at radius 3 is 1.78 bits per heavy atom. The molecule has 0 bridgehead atoms. The van der Waals surface area contributed by atoms with Crippen molar-refractivity contribution >= 4 is 77.7 Å². The Hall–Kier alpha value is -6.10. The van der Waals surface area contributed by atoms with Crippen molar-refractivity contribution < 1.29 is 49.9 Å². The van der Waals surface area contributed by atoms with Crippen LogP contribution in [-0.2, 0) is 29.8 Å². The van der Waals surface area contributed by atoms with Gasteiger partial charge < -0.3 is 31.2 Å². The molecule has 0 fully saturated rings. The number of carbonyl (C=O) groups is 5. The highest BCUT2D eigenvalue weighted by molar-refractivity contribution is 7.86. The highest BCUT2D eigenvalue weighted by Crippen LogP contribution is 2.20. The van der Waals surface area contributed by atoms with E-state index < -0.39 is 72.9 Å². The Bertz CT molecular complexity index is 2320. The van der Waals surface area contributed by atoms with Crippen molar-refractivity contribution in [3.05, 3.63) is 87.8 Å². The van der Waals surface area contributed by atoms with E-state index >= 15 is 0 Å². The van der Waals surface area contributed by atoms with Crippen LogP contribution in [-0.4, -0.2) is 96.0 Å². The molecular formula is C32H34N8O12S2. The molecule has 8 N–H and O–H groups in total. The summed E-state index contributed by atoms with van der Waals surface area (Å²) in [5.74, 6) is -4.78. The molecule has 4 aromatic rings. The maximum absolute atomic E-state index is 13.2. The fourth-order valence-electron chi connectivity index (χ4n) is 4.73. The number of carbonyl (C=O) groups excluding carboxylic acids is 5. The number of Topliss-reactive ketones (excluding diaryl/α,β-unsaturated/α-hetero) is 1. The lowest BCUT2D eigenvalue weighted by Gasteiger charge is -2.12. The van der Waals surface area contributed by atoms with E-state index in [0.29, 0.717) is 16.7 Å². The van der Waals surface area contributed by atoms with Crippen LogP contribution in [0.25, 0.3) is 11.0 Å². The number of rotatable bonds is 17. The Kier molecular flexibility index (Phi) is 13.3. The summed E-state index contributed by atoms with van der Waals surface area (Å²) in [6, 6.07) is 12.2. The zero-order valence-corrected chi connectivity index (χ0v) is 29.9. The van der Waals surface area contributed by atoms with Gasteiger partial charge in [0.25, 0.3) is 43.9 Å². The first-order valence-electron chi connectivity index (χ1n) is 15.8. The summed E-state index contributed by atoms with van der Waals surface area (Å²) in [6.07, 6.45) is -0.231. The molecule has 1 heterocycles. The zero-order chi connectivity index (χ0) is 39.6. The van der Waals surface area contributed by atoms with Crippen LogP contribution in [0.3, 0.4) is 0 Å². The first-order valence-corrected chi connectivity index (χ1v) is 19.1. The molecule has 1 aromatic heterocycles. The molecule has 286 valence electrons. The number of hydrogen-bond donors (Lipinski definition) is 8. The van der Waals surface area contributed by atoms with Gasteiger partial charge in [-0.25, -0.2) is 4.79 Å². The molecule has 1 atom stereocenters. The van der Waals surface area contributed by atoms with Gasteiger partial charge in [0.2, 0.25) is 6.04 Å². The third-order valence-corrected chi connectivity index (χ3v) is 8.89. The van der Waals surface area contributed by atoms with E-state index in [4.69, 9.17) is 9.11 Å². The summed E-state index contributed by atoms with van der Waals surface area (Å²) < 4.78 is 61.7. The van der Waals surface area contributed by atoms with E-state index in [1.165, 1.54) is 54.6 Å². The normalized spacial score (nSPS) is 12.3. The van der Waals surface area contributed by atoms with Crippen molar-refractivity contribution in [1.82, 2.24) is 20.6 Å². The maximum Gasteiger partial charge on any atom is 0.323 e. The standard InChI is InChI=1S/C32H34N8O12S2/c1-18(41)27(31(45)35-23-8-9-25-26(17-23)38-32(46)37-25)40-39-22-6-4-19(5-7-22)30(44)36-24-15-20(28(42)33-10-2-12-53(47,48)49)14-21(16-24)29(43)34-11-3-13-54(50,51)52/h4-9,14-17,27H,2-3,10-13H2,1H3,(H,33,42)(H,34,43)(H,35,45)(H,36,44)(H2,37,38,46)(H,47,48,49)(H,50,51,52)/b40-39+. The number of benzene rings is 3. The first-order chi connectivity index (χ1) is 25.4. The van der Waals surface area contributed by atoms with Crippen molar-refractivity contribution in [2.24, 2.45) is 10.2 Å². The highest BCUT2D eigenvalue weighted by Gasteiger charge is 2.23. The maximum atomic E-state index is 13.2. The SMILES string of the molecule is CC(=O)C(/N=N/c1ccc(C(=O)Nc2cc(C(=O)NCCCS(=O)(=O)O)cc(C(=O)NCCCS(=O)(=O)O)c2)cc1)C(=O)Nc1ccc2[nH]c(=O)[nH]c2c1. The second kappa shape index (κ2) is 17.6. The van der Waals surface area contributed by atoms with Crippen LogP contribution in [0.5, 0.6) is 0 Å². The molecular weight excluding hydrogens is 753 g/mol. The lowest BCUT2D eigenvalue weighted by Crippen LogP contribution is -2.31. The summed E-state index contributed by atoms with van der Waals surface area (Å²) in [5.41, 5.74) is 0.862. The van der Waals surface area contributed by atoms with Gasteiger partial charge in [0.1, 0.15) is 0 Å². The van der Waals surface area contributed by atoms with E-state index in [-0.39, 0.29) is 54.0 Å². The van der Waals surface area contributed by atoms with Crippen molar-refractivity contribution in [2.45, 2.75) is 25.8 Å². The third kappa shape index (κ3) is 12.5. The van der Waals surface area contributed by atoms with Crippen molar-refractivity contribution in [3.8, 4) is 0 Å². The molecule has 0 aliphatic carbocycles. The number of imidazole rings is 1. The van der Waals surface area contributed by atoms with Crippen molar-refractivity contribution in [3.63, 3.8) is 0 Å². The van der Waals surface area contributed by atoms with Crippen molar-refractivity contribution in [1.29, 1.82) is 0 Å². The molecule has 22 heteroatoms. The highest BCUT2D eigenvalue weighted by atomic mass is 32.2. The molecule has 0 radical (unpaired) electrons. The number of hydrogen-bond acceptors (Lipinski definition) is 12. The number of anilines is 2. The van der Waals surface area contributed by atoms with Gasteiger partial charge in [-0.2, -0.15) is 27.1 Å². The predicted molar refractivity (Wildman–Crippen MR) is 194 cm³/mol. The van der Waals surface area contributed by atoms with Gasteiger partial charge in [0.05, 0.1) is 28.2 Å². The Balaban J connectivity index is 1.45. The molecule has 4 rings (SSSR count). The minimum absolute atomic E-state index is 0.00485. The summed E-state index contributed by atoms with van der Waals surface area (Å²) >= 11 is 0. The lowest BCUT2D eigenvalue weighted by molar-refractivity contribution is -0.126. The van der Waals surface area contributed by atoms with Crippen LogP contribution < -0.4 is 27.0 Å². The van der Waals surface area contributed by atoms with Gasteiger partial charge in [-0.05, 0) is 80.4 Å². The average molecular weight is 787 g/mol. The molecule has 4 amide bonds. The largest absolute Gasteiger partial charge is 0.352 e. The van der Waals surface area contributed by atoms with E-state index in [2.05, 4.69) is 41.5 Å². The topological polar surface area (TPSA) is 316 Å². The van der Waals surface area contributed by atoms with Crippen LogP contribution >= 0.6 is 0 Å². The fourth-order valence-corrected chi connectivity index (χ4v) is 5.74. The molecule has 54 heavy (non-hydrogen) atoms. The summed E-state index contributed by atoms with van der Waals surface area (Å²) in [4.78, 5) is 80.6. The second-order valence-corrected chi connectivity index (χ2v) is 14.8. The number of H-pyrrole nitrogens is 2. The molecule has 3 aromatic carbocycles. The Labute approximate surface area is 306 Å². The number of nitrogens with zero attached hydrogens (tertiary/aromatic N) is 2. The summed E-state index contributed by atoms with van der Waals surface area (Å²) in [7, 11) is -8.52. The van der Waals surface area contributed by atoms with Gasteiger partial charge in [0.15, 0.2) is 5.78 Å². The number of aromatic nitrogens is 2. The molecule has 0 aliphatic rings. The van der Waals surface area contributed by atoms with Crippen LogP contribution in [0.4, 0.5) is 17.1 Å². The Morgan fingerprint density at radius 2 is 1.24 bits per heavy atom. The zero-order valence-electron chi connectivity index (χ0n) is 28.3. The third-order valence-electron chi connectivity index (χ3n) is 7.28. The van der Waals surface area contributed by atoms with E-state index in [1.54, 1.807) is 6.07 Å². The summed E-state index contributed by atoms with van der Waals surface area (Å²) in [5, 5.41) is 17.8. The molecule has 0 aliphatic heterocycles. The van der Waals surface area contributed by atoms with E-state index in [9.17, 15) is 45.6 Å². The molecule has 1 unspecified atom stereocenters. The van der Waals surface area contributed by atoms with Gasteiger partial charge >= 0.3 is 5.69 Å². The number of fused-ring (bicyclic) bond motifs is 1. The number of azo groups is 1. The average Bonchev–Trinajstić information content (AvgIpc) is 3.46. The van der Waals surface area contributed by atoms with Gasteiger partial charge in [0, 0.05) is 41.2 Å². The van der Waals surface area contributed by atoms with Crippen LogP contribution in [0, 0.1) is 0 Å². The number of aromatic amines is 2. The van der Waals surface area contributed by atoms with Crippen LogP contribution in [0.2, 0.25) is 0 Å². The minimum Gasteiger partial charge on any atom is -0.352 e. The predicted octanol–water partition coefficient (Wildman–Crippen LogP) is 1.80. The number of ketones is 1. The Morgan fingerprint density at radius 1 is 0.685 bits per heavy atom. The summed E-state index contributed by atoms with van der Waals surface area (Å²) in [6.45, 7) is 0.855. The smallest absolute Gasteiger partial charge is 0.323 e. The molecule has 0 saturated carbocycles. The monoisotopic (exact) mass is 786 g/mol. The number of nitrogens with one attached hydrogen (secondary N) is 6. The number of amides is 4. The fraction of sp³-hybridized carbons (Fsp3) is 0.250. The molecule has 20 nitrogen and oxygen atoms in total. The van der Waals surface area contributed by atoms with Crippen LogP contribution in [0.15, 0.2) is 75.7 Å². The van der Waals surface area contributed by atoms with Gasteiger partial charge in [-0.15, -0.1) is 0 Å². The van der Waals surface area contributed by atoms with E-state index in [0.717, 1.165) is 6.92 Å². The lowest BCUT2D eigenvalue weighted by atomic mass is 10.1.